The average molecular weight is 234 g/mol. The number of carboxylic acid groups (broad SMARTS) is 1. The fraction of sp³-hybridized carbons (Fsp3) is 0.923. The van der Waals surface area contributed by atoms with Gasteiger partial charge in [0.25, 0.3) is 0 Å². The second-order valence-electron chi connectivity index (χ2n) is 5.52. The zero-order valence-electron chi connectivity index (χ0n) is 11.2. The Labute approximate surface area is 121 Å². The third kappa shape index (κ3) is 4.05. The summed E-state index contributed by atoms with van der Waals surface area (Å²) in [6, 6.07) is 0. The first-order valence-electron chi connectivity index (χ1n) is 6.18. The summed E-state index contributed by atoms with van der Waals surface area (Å²) in [5.41, 5.74) is 0.216. The molecule has 1 rings (SSSR count). The molecule has 3 heteroatoms. The van der Waals surface area contributed by atoms with Gasteiger partial charge in [-0.25, -0.2) is 0 Å². The van der Waals surface area contributed by atoms with E-state index in [9.17, 15) is 9.90 Å². The minimum Gasteiger partial charge on any atom is -0.550 e. The van der Waals surface area contributed by atoms with E-state index < -0.39 is 5.97 Å². The maximum Gasteiger partial charge on any atom is 1.00 e. The molecule has 2 unspecified atom stereocenters. The minimum absolute atomic E-state index is 0. The summed E-state index contributed by atoms with van der Waals surface area (Å²) in [5.74, 6) is 0.183. The van der Waals surface area contributed by atoms with E-state index in [4.69, 9.17) is 0 Å². The molecule has 16 heavy (non-hydrogen) atoms. The number of carbonyl (C=O) groups excluding carboxylic acids is 1. The van der Waals surface area contributed by atoms with E-state index in [1.165, 1.54) is 25.7 Å². The van der Waals surface area contributed by atoms with Crippen LogP contribution in [0.25, 0.3) is 0 Å². The average Bonchev–Trinajstić information content (AvgIpc) is 2.15. The number of hydrogen-bond acceptors (Lipinski definition) is 2. The van der Waals surface area contributed by atoms with Crippen LogP contribution in [0.5, 0.6) is 0 Å². The van der Waals surface area contributed by atoms with E-state index in [1.807, 2.05) is 0 Å². The Kier molecular flexibility index (Phi) is 7.23. The van der Waals surface area contributed by atoms with Gasteiger partial charge in [0, 0.05) is 5.97 Å². The molecule has 0 aromatic rings. The van der Waals surface area contributed by atoms with Gasteiger partial charge >= 0.3 is 29.6 Å². The van der Waals surface area contributed by atoms with Gasteiger partial charge < -0.3 is 9.90 Å². The van der Waals surface area contributed by atoms with Gasteiger partial charge in [-0.3, -0.25) is 0 Å². The summed E-state index contributed by atoms with van der Waals surface area (Å²) in [5, 5.41) is 10.5. The third-order valence-corrected chi connectivity index (χ3v) is 4.24. The summed E-state index contributed by atoms with van der Waals surface area (Å²) in [6.07, 6.45) is 6.46. The van der Waals surface area contributed by atoms with Crippen molar-refractivity contribution in [2.24, 2.45) is 17.3 Å². The summed E-state index contributed by atoms with van der Waals surface area (Å²) < 4.78 is 0. The van der Waals surface area contributed by atoms with E-state index in [0.717, 1.165) is 12.3 Å². The third-order valence-electron chi connectivity index (χ3n) is 4.24. The second-order valence-corrected chi connectivity index (χ2v) is 5.52. The Morgan fingerprint density at radius 1 is 1.31 bits per heavy atom. The quantitative estimate of drug-likeness (QED) is 0.453. The molecule has 2 nitrogen and oxygen atoms in total. The molecular formula is C13H23NaO2. The predicted molar refractivity (Wildman–Crippen MR) is 59.1 cm³/mol. The van der Waals surface area contributed by atoms with Crippen molar-refractivity contribution in [2.75, 3.05) is 0 Å². The van der Waals surface area contributed by atoms with E-state index in [1.54, 1.807) is 0 Å². The van der Waals surface area contributed by atoms with Crippen LogP contribution in [0.3, 0.4) is 0 Å². The molecule has 0 amide bonds. The summed E-state index contributed by atoms with van der Waals surface area (Å²) in [7, 11) is 0. The summed E-state index contributed by atoms with van der Waals surface area (Å²) in [4.78, 5) is 10.5. The fourth-order valence-corrected chi connectivity index (χ4v) is 2.80. The number of hydrogen-bond donors (Lipinski definition) is 0. The molecule has 2 atom stereocenters. The van der Waals surface area contributed by atoms with Crippen molar-refractivity contribution in [1.82, 2.24) is 0 Å². The van der Waals surface area contributed by atoms with Gasteiger partial charge in [0.2, 0.25) is 0 Å². The van der Waals surface area contributed by atoms with Crippen molar-refractivity contribution in [3.63, 3.8) is 0 Å². The molecule has 0 N–H and O–H groups in total. The molecule has 0 aromatic heterocycles. The topological polar surface area (TPSA) is 40.1 Å². The molecule has 0 saturated heterocycles. The van der Waals surface area contributed by atoms with Crippen LogP contribution in [0.1, 0.15) is 59.3 Å². The van der Waals surface area contributed by atoms with Crippen LogP contribution < -0.4 is 34.7 Å². The van der Waals surface area contributed by atoms with Crippen LogP contribution in [0.4, 0.5) is 0 Å². The van der Waals surface area contributed by atoms with Crippen molar-refractivity contribution in [1.29, 1.82) is 0 Å². The molecule has 0 spiro atoms. The first kappa shape index (κ1) is 16.5. The molecule has 1 aliphatic rings. The van der Waals surface area contributed by atoms with Gasteiger partial charge in [0.1, 0.15) is 0 Å². The maximum absolute atomic E-state index is 10.5. The van der Waals surface area contributed by atoms with E-state index in [-0.39, 0.29) is 41.4 Å². The molecule has 0 aliphatic heterocycles. The van der Waals surface area contributed by atoms with Crippen LogP contribution in [-0.2, 0) is 4.79 Å². The Morgan fingerprint density at radius 2 is 1.94 bits per heavy atom. The zero-order valence-corrected chi connectivity index (χ0v) is 13.2. The Bertz CT molecular complexity index is 226. The van der Waals surface area contributed by atoms with Gasteiger partial charge in [-0.2, -0.15) is 0 Å². The maximum atomic E-state index is 10.5. The van der Waals surface area contributed by atoms with E-state index in [2.05, 4.69) is 20.8 Å². The van der Waals surface area contributed by atoms with Gasteiger partial charge in [-0.15, -0.1) is 0 Å². The molecule has 88 valence electrons. The molecule has 1 aliphatic carbocycles. The molecule has 0 aromatic carbocycles. The van der Waals surface area contributed by atoms with Gasteiger partial charge in [0.15, 0.2) is 0 Å². The second kappa shape index (κ2) is 7.03. The normalized spacial score (nSPS) is 26.7. The van der Waals surface area contributed by atoms with E-state index in [0.29, 0.717) is 5.92 Å². The standard InChI is InChI=1S/C13H24O2.Na/c1-4-5-6-7-10-8-11(9-12(14)15)13(10,2)3;/h10-11H,4-9H2,1-3H3,(H,14,15);/q;+1/p-1. The summed E-state index contributed by atoms with van der Waals surface area (Å²) in [6.45, 7) is 6.63. The number of carbonyl (C=O) groups is 1. The predicted octanol–water partition coefficient (Wildman–Crippen LogP) is -0.627. The summed E-state index contributed by atoms with van der Waals surface area (Å²) >= 11 is 0. The molecule has 0 bridgehead atoms. The first-order chi connectivity index (χ1) is 6.98. The van der Waals surface area contributed by atoms with E-state index >= 15 is 0 Å². The van der Waals surface area contributed by atoms with Crippen LogP contribution in [0, 0.1) is 17.3 Å². The van der Waals surface area contributed by atoms with Gasteiger partial charge in [-0.05, 0) is 36.5 Å². The van der Waals surface area contributed by atoms with Crippen molar-refractivity contribution < 1.29 is 39.5 Å². The Morgan fingerprint density at radius 3 is 2.38 bits per heavy atom. The molecule has 0 heterocycles. The van der Waals surface area contributed by atoms with Gasteiger partial charge in [0.05, 0.1) is 0 Å². The van der Waals surface area contributed by atoms with Crippen LogP contribution >= 0.6 is 0 Å². The molecule has 1 saturated carbocycles. The number of rotatable bonds is 6. The van der Waals surface area contributed by atoms with Crippen LogP contribution in [-0.4, -0.2) is 5.97 Å². The van der Waals surface area contributed by atoms with Crippen LogP contribution in [0.2, 0.25) is 0 Å². The SMILES string of the molecule is CCCCCC1CC(CC(=O)[O-])C1(C)C.[Na+]. The number of carboxylic acids is 1. The first-order valence-corrected chi connectivity index (χ1v) is 6.18. The smallest absolute Gasteiger partial charge is 0.550 e. The number of aliphatic carboxylic acids is 1. The molecule has 0 radical (unpaired) electrons. The van der Waals surface area contributed by atoms with Crippen LogP contribution in [0.15, 0.2) is 0 Å². The van der Waals surface area contributed by atoms with Gasteiger partial charge in [-0.1, -0.05) is 40.0 Å². The minimum atomic E-state index is -0.889. The van der Waals surface area contributed by atoms with Crippen molar-refractivity contribution >= 4 is 5.97 Å². The monoisotopic (exact) mass is 234 g/mol. The fourth-order valence-electron chi connectivity index (χ4n) is 2.80. The van der Waals surface area contributed by atoms with Crippen molar-refractivity contribution in [3.8, 4) is 0 Å². The van der Waals surface area contributed by atoms with Crippen molar-refractivity contribution in [2.45, 2.75) is 59.3 Å². The van der Waals surface area contributed by atoms with Crippen molar-refractivity contribution in [3.05, 3.63) is 0 Å². The number of unbranched alkanes of at least 4 members (excludes halogenated alkanes) is 2. The molecular weight excluding hydrogens is 211 g/mol. The Balaban J connectivity index is 0.00000225. The molecule has 1 fully saturated rings. The zero-order chi connectivity index (χ0) is 11.5. The Hall–Kier alpha value is 0.470. The largest absolute Gasteiger partial charge is 1.00 e.